The number of nitrogens with two attached hydrogens (primary N) is 1. The van der Waals surface area contributed by atoms with Crippen molar-refractivity contribution < 1.29 is 18.7 Å². The van der Waals surface area contributed by atoms with Crippen LogP contribution in [0.15, 0.2) is 30.5 Å². The highest BCUT2D eigenvalue weighted by Gasteiger charge is 2.27. The van der Waals surface area contributed by atoms with Gasteiger partial charge in [-0.25, -0.2) is 14.4 Å². The normalized spacial score (nSPS) is 16.8. The number of aryl methyl sites for hydroxylation is 1. The Morgan fingerprint density at radius 2 is 2.07 bits per heavy atom. The Kier molecular flexibility index (Phi) is 5.63. The van der Waals surface area contributed by atoms with Crippen molar-refractivity contribution in [2.24, 2.45) is 5.73 Å². The van der Waals surface area contributed by atoms with Crippen LogP contribution in [-0.2, 0) is 4.79 Å². The van der Waals surface area contributed by atoms with Crippen molar-refractivity contribution in [3.8, 4) is 5.75 Å². The van der Waals surface area contributed by atoms with Gasteiger partial charge in [-0.3, -0.25) is 9.59 Å². The van der Waals surface area contributed by atoms with Crippen LogP contribution in [0.1, 0.15) is 40.6 Å². The minimum atomic E-state index is -0.558. The van der Waals surface area contributed by atoms with Crippen LogP contribution in [0.4, 0.5) is 4.39 Å². The van der Waals surface area contributed by atoms with Gasteiger partial charge in [-0.1, -0.05) is 0 Å². The molecule has 0 radical (unpaired) electrons. The number of primary amides is 1. The Labute approximate surface area is 156 Å². The third-order valence-corrected chi connectivity index (χ3v) is 4.58. The van der Waals surface area contributed by atoms with Crippen molar-refractivity contribution in [2.45, 2.75) is 25.7 Å². The number of rotatable bonds is 5. The van der Waals surface area contributed by atoms with E-state index >= 15 is 0 Å². The fraction of sp³-hybridized carbons (Fsp3) is 0.368. The lowest BCUT2D eigenvalue weighted by Gasteiger charge is -2.32. The summed E-state index contributed by atoms with van der Waals surface area (Å²) in [7, 11) is 0. The predicted octanol–water partition coefficient (Wildman–Crippen LogP) is 1.81. The summed E-state index contributed by atoms with van der Waals surface area (Å²) in [5, 5.41) is 0. The first-order chi connectivity index (χ1) is 12.9. The molecule has 1 aromatic heterocycles. The molecule has 0 spiro atoms. The number of hydrogen-bond acceptors (Lipinski definition) is 5. The molecule has 2 amide bonds. The summed E-state index contributed by atoms with van der Waals surface area (Å²) in [6.45, 7) is 2.73. The average molecular weight is 372 g/mol. The maximum atomic E-state index is 12.9. The summed E-state index contributed by atoms with van der Waals surface area (Å²) in [6.07, 6.45) is 3.13. The molecule has 0 saturated carbocycles. The summed E-state index contributed by atoms with van der Waals surface area (Å²) in [6, 6.07) is 5.54. The molecule has 7 nitrogen and oxygen atoms in total. The standard InChI is InChI=1S/C19H21FN4O3/c1-12-16(18(21)26)9-22-19(23-12)13-3-2-8-24(10-13)17(25)11-27-15-6-4-14(20)5-7-15/h4-7,9,13H,2-3,8,10-11H2,1H3,(H2,21,26). The number of amides is 2. The number of likely N-dealkylation sites (tertiary alicyclic amines) is 1. The van der Waals surface area contributed by atoms with E-state index in [-0.39, 0.29) is 24.2 Å². The summed E-state index contributed by atoms with van der Waals surface area (Å²) in [5.74, 6) is -0.0138. The van der Waals surface area contributed by atoms with Gasteiger partial charge in [0.1, 0.15) is 17.4 Å². The lowest BCUT2D eigenvalue weighted by Crippen LogP contribution is -2.42. The quantitative estimate of drug-likeness (QED) is 0.863. The third kappa shape index (κ3) is 4.58. The van der Waals surface area contributed by atoms with E-state index in [9.17, 15) is 14.0 Å². The van der Waals surface area contributed by atoms with E-state index in [4.69, 9.17) is 10.5 Å². The van der Waals surface area contributed by atoms with E-state index in [0.29, 0.717) is 35.9 Å². The van der Waals surface area contributed by atoms with Gasteiger partial charge < -0.3 is 15.4 Å². The maximum absolute atomic E-state index is 12.9. The molecule has 2 N–H and O–H groups in total. The number of piperidine rings is 1. The second kappa shape index (κ2) is 8.11. The van der Waals surface area contributed by atoms with E-state index in [1.165, 1.54) is 30.5 Å². The van der Waals surface area contributed by atoms with Crippen molar-refractivity contribution in [3.63, 3.8) is 0 Å². The molecule has 1 unspecified atom stereocenters. The van der Waals surface area contributed by atoms with Gasteiger partial charge in [0.05, 0.1) is 11.3 Å². The minimum absolute atomic E-state index is 0.00542. The fourth-order valence-corrected chi connectivity index (χ4v) is 3.11. The molecule has 1 fully saturated rings. The van der Waals surface area contributed by atoms with Crippen molar-refractivity contribution in [2.75, 3.05) is 19.7 Å². The van der Waals surface area contributed by atoms with Crippen molar-refractivity contribution in [3.05, 3.63) is 53.4 Å². The number of carbonyl (C=O) groups excluding carboxylic acids is 2. The maximum Gasteiger partial charge on any atom is 0.260 e. The van der Waals surface area contributed by atoms with Crippen LogP contribution < -0.4 is 10.5 Å². The molecule has 142 valence electrons. The molecule has 1 aliphatic heterocycles. The first-order valence-electron chi connectivity index (χ1n) is 8.73. The molecular weight excluding hydrogens is 351 g/mol. The molecule has 1 atom stereocenters. The van der Waals surface area contributed by atoms with Gasteiger partial charge >= 0.3 is 0 Å². The number of carbonyl (C=O) groups is 2. The molecule has 2 heterocycles. The Bertz CT molecular complexity index is 841. The number of hydrogen-bond donors (Lipinski definition) is 1. The molecule has 1 aromatic carbocycles. The summed E-state index contributed by atoms with van der Waals surface area (Å²) < 4.78 is 18.3. The number of benzene rings is 1. The van der Waals surface area contributed by atoms with Gasteiger partial charge in [0.2, 0.25) is 0 Å². The van der Waals surface area contributed by atoms with Crippen LogP contribution in [0.5, 0.6) is 5.75 Å². The van der Waals surface area contributed by atoms with Gasteiger partial charge in [-0.05, 0) is 44.0 Å². The van der Waals surface area contributed by atoms with Gasteiger partial charge in [0.15, 0.2) is 6.61 Å². The largest absolute Gasteiger partial charge is 0.484 e. The molecule has 8 heteroatoms. The van der Waals surface area contributed by atoms with Gasteiger partial charge in [0, 0.05) is 25.2 Å². The number of halogens is 1. The van der Waals surface area contributed by atoms with Crippen LogP contribution in [0.3, 0.4) is 0 Å². The predicted molar refractivity (Wildman–Crippen MR) is 95.7 cm³/mol. The first kappa shape index (κ1) is 18.8. The third-order valence-electron chi connectivity index (χ3n) is 4.58. The number of nitrogens with zero attached hydrogens (tertiary/aromatic N) is 3. The Morgan fingerprint density at radius 1 is 1.33 bits per heavy atom. The monoisotopic (exact) mass is 372 g/mol. The highest BCUT2D eigenvalue weighted by molar-refractivity contribution is 5.93. The van der Waals surface area contributed by atoms with Crippen molar-refractivity contribution in [1.82, 2.24) is 14.9 Å². The van der Waals surface area contributed by atoms with Crippen LogP contribution in [0.2, 0.25) is 0 Å². The molecule has 0 aliphatic carbocycles. The van der Waals surface area contributed by atoms with E-state index in [2.05, 4.69) is 9.97 Å². The first-order valence-corrected chi connectivity index (χ1v) is 8.73. The molecule has 1 saturated heterocycles. The average Bonchev–Trinajstić information content (AvgIpc) is 2.67. The van der Waals surface area contributed by atoms with Gasteiger partial charge in [-0.2, -0.15) is 0 Å². The van der Waals surface area contributed by atoms with Crippen LogP contribution >= 0.6 is 0 Å². The van der Waals surface area contributed by atoms with E-state index in [1.54, 1.807) is 11.8 Å². The Hall–Kier alpha value is -3.03. The fourth-order valence-electron chi connectivity index (χ4n) is 3.11. The highest BCUT2D eigenvalue weighted by atomic mass is 19.1. The van der Waals surface area contributed by atoms with Crippen molar-refractivity contribution in [1.29, 1.82) is 0 Å². The van der Waals surface area contributed by atoms with E-state index in [0.717, 1.165) is 12.8 Å². The smallest absolute Gasteiger partial charge is 0.260 e. The van der Waals surface area contributed by atoms with Gasteiger partial charge in [-0.15, -0.1) is 0 Å². The van der Waals surface area contributed by atoms with Crippen molar-refractivity contribution >= 4 is 11.8 Å². The Balaban J connectivity index is 1.61. The number of aromatic nitrogens is 2. The summed E-state index contributed by atoms with van der Waals surface area (Å²) >= 11 is 0. The van der Waals surface area contributed by atoms with Crippen LogP contribution in [-0.4, -0.2) is 46.4 Å². The second-order valence-electron chi connectivity index (χ2n) is 6.51. The summed E-state index contributed by atoms with van der Waals surface area (Å²) in [4.78, 5) is 34.1. The molecule has 2 aromatic rings. The van der Waals surface area contributed by atoms with Crippen LogP contribution in [0.25, 0.3) is 0 Å². The molecular formula is C19H21FN4O3. The lowest BCUT2D eigenvalue weighted by atomic mass is 9.97. The number of ether oxygens (including phenoxy) is 1. The van der Waals surface area contributed by atoms with E-state index in [1.807, 2.05) is 0 Å². The highest BCUT2D eigenvalue weighted by Crippen LogP contribution is 2.25. The lowest BCUT2D eigenvalue weighted by molar-refractivity contribution is -0.134. The summed E-state index contributed by atoms with van der Waals surface area (Å²) in [5.41, 5.74) is 6.13. The molecule has 3 rings (SSSR count). The molecule has 27 heavy (non-hydrogen) atoms. The molecule has 1 aliphatic rings. The Morgan fingerprint density at radius 3 is 2.74 bits per heavy atom. The zero-order valence-electron chi connectivity index (χ0n) is 15.0. The SMILES string of the molecule is Cc1nc(C2CCCN(C(=O)COc3ccc(F)cc3)C2)ncc1C(N)=O. The topological polar surface area (TPSA) is 98.4 Å². The zero-order chi connectivity index (χ0) is 19.4. The zero-order valence-corrected chi connectivity index (χ0v) is 15.0. The van der Waals surface area contributed by atoms with E-state index < -0.39 is 5.91 Å². The molecule has 0 bridgehead atoms. The van der Waals surface area contributed by atoms with Gasteiger partial charge in [0.25, 0.3) is 11.8 Å². The van der Waals surface area contributed by atoms with Crippen LogP contribution in [0, 0.1) is 12.7 Å². The minimum Gasteiger partial charge on any atom is -0.484 e. The second-order valence-corrected chi connectivity index (χ2v) is 6.51.